The molecule has 2 aromatic carbocycles. The molecule has 2 amide bonds. The summed E-state index contributed by atoms with van der Waals surface area (Å²) in [4.78, 5) is 26.7. The van der Waals surface area contributed by atoms with Crippen molar-refractivity contribution < 1.29 is 14.0 Å². The Morgan fingerprint density at radius 3 is 2.31 bits per heavy atom. The molecule has 136 valence electrons. The highest BCUT2D eigenvalue weighted by Gasteiger charge is 2.28. The van der Waals surface area contributed by atoms with Crippen molar-refractivity contribution in [3.05, 3.63) is 65.0 Å². The molecule has 0 bridgehead atoms. The number of nitrogens with one attached hydrogen (secondary N) is 1. The van der Waals surface area contributed by atoms with Gasteiger partial charge in [0.1, 0.15) is 5.82 Å². The highest BCUT2D eigenvalue weighted by molar-refractivity contribution is 5.95. The van der Waals surface area contributed by atoms with Gasteiger partial charge >= 0.3 is 0 Å². The number of amides is 2. The van der Waals surface area contributed by atoms with Gasteiger partial charge in [-0.15, -0.1) is 0 Å². The predicted molar refractivity (Wildman–Crippen MR) is 99.6 cm³/mol. The quantitative estimate of drug-likeness (QED) is 0.908. The number of likely N-dealkylation sites (tertiary alicyclic amines) is 1. The number of hydrogen-bond donors (Lipinski definition) is 1. The average molecular weight is 354 g/mol. The van der Waals surface area contributed by atoms with E-state index in [1.54, 1.807) is 11.0 Å². The Morgan fingerprint density at radius 1 is 1.04 bits per heavy atom. The van der Waals surface area contributed by atoms with Gasteiger partial charge in [-0.1, -0.05) is 12.1 Å². The molecule has 0 saturated carbocycles. The number of halogens is 1. The summed E-state index contributed by atoms with van der Waals surface area (Å²) in [5.74, 6) is -0.725. The summed E-state index contributed by atoms with van der Waals surface area (Å²) >= 11 is 0. The van der Waals surface area contributed by atoms with E-state index in [0.29, 0.717) is 31.5 Å². The van der Waals surface area contributed by atoms with Gasteiger partial charge in [0.2, 0.25) is 5.91 Å². The molecular weight excluding hydrogens is 331 g/mol. The van der Waals surface area contributed by atoms with Crippen LogP contribution in [0.15, 0.2) is 42.5 Å². The predicted octanol–water partition coefficient (Wildman–Crippen LogP) is 3.93. The molecule has 1 aliphatic heterocycles. The summed E-state index contributed by atoms with van der Waals surface area (Å²) in [6, 6.07) is 11.7. The van der Waals surface area contributed by atoms with Gasteiger partial charge in [0.05, 0.1) is 0 Å². The number of aryl methyl sites for hydroxylation is 2. The van der Waals surface area contributed by atoms with Crippen LogP contribution in [0.4, 0.5) is 10.1 Å². The van der Waals surface area contributed by atoms with Gasteiger partial charge in [0.15, 0.2) is 0 Å². The molecule has 0 atom stereocenters. The highest BCUT2D eigenvalue weighted by Crippen LogP contribution is 2.22. The standard InChI is InChI=1S/C21H23FN2O2/c1-14-10-15(2)12-19(11-14)23-20(25)16-6-8-24(9-7-16)21(26)17-4-3-5-18(22)13-17/h3-5,10-13,16H,6-9H2,1-2H3,(H,23,25). The van der Waals surface area contributed by atoms with E-state index >= 15 is 0 Å². The van der Waals surface area contributed by atoms with Crippen LogP contribution in [0.1, 0.15) is 34.3 Å². The first-order chi connectivity index (χ1) is 12.4. The zero-order valence-corrected chi connectivity index (χ0v) is 15.1. The number of hydrogen-bond acceptors (Lipinski definition) is 2. The lowest BCUT2D eigenvalue weighted by molar-refractivity contribution is -0.121. The summed E-state index contributed by atoms with van der Waals surface area (Å²) in [6.45, 7) is 5.00. The van der Waals surface area contributed by atoms with Crippen LogP contribution in [-0.2, 0) is 4.79 Å². The Balaban J connectivity index is 1.57. The minimum Gasteiger partial charge on any atom is -0.339 e. The molecule has 4 nitrogen and oxygen atoms in total. The van der Waals surface area contributed by atoms with E-state index < -0.39 is 5.82 Å². The Bertz CT molecular complexity index is 806. The first-order valence-electron chi connectivity index (χ1n) is 8.86. The average Bonchev–Trinajstić information content (AvgIpc) is 2.60. The first kappa shape index (κ1) is 18.1. The van der Waals surface area contributed by atoms with E-state index in [1.807, 2.05) is 26.0 Å². The zero-order valence-electron chi connectivity index (χ0n) is 15.1. The van der Waals surface area contributed by atoms with Crippen molar-refractivity contribution in [1.82, 2.24) is 4.90 Å². The minimum atomic E-state index is -0.418. The summed E-state index contributed by atoms with van der Waals surface area (Å²) in [6.07, 6.45) is 1.22. The molecule has 1 fully saturated rings. The molecular formula is C21H23FN2O2. The Kier molecular flexibility index (Phi) is 5.35. The number of carbonyl (C=O) groups is 2. The Morgan fingerprint density at radius 2 is 1.69 bits per heavy atom. The van der Waals surface area contributed by atoms with Crippen LogP contribution in [0.5, 0.6) is 0 Å². The lowest BCUT2D eigenvalue weighted by Crippen LogP contribution is -2.41. The van der Waals surface area contributed by atoms with Crippen LogP contribution in [0, 0.1) is 25.6 Å². The summed E-state index contributed by atoms with van der Waals surface area (Å²) in [7, 11) is 0. The number of rotatable bonds is 3. The van der Waals surface area contributed by atoms with Crippen LogP contribution in [0.3, 0.4) is 0 Å². The van der Waals surface area contributed by atoms with Gasteiger partial charge < -0.3 is 10.2 Å². The van der Waals surface area contributed by atoms with Crippen LogP contribution in [0.2, 0.25) is 0 Å². The van der Waals surface area contributed by atoms with Gasteiger partial charge in [-0.3, -0.25) is 9.59 Å². The molecule has 26 heavy (non-hydrogen) atoms. The summed E-state index contributed by atoms with van der Waals surface area (Å²) in [5.41, 5.74) is 3.38. The molecule has 1 N–H and O–H groups in total. The number of nitrogens with zero attached hydrogens (tertiary/aromatic N) is 1. The lowest BCUT2D eigenvalue weighted by atomic mass is 9.95. The molecule has 0 spiro atoms. The second-order valence-electron chi connectivity index (χ2n) is 6.94. The summed E-state index contributed by atoms with van der Waals surface area (Å²) < 4.78 is 13.3. The first-order valence-corrected chi connectivity index (χ1v) is 8.86. The third-order valence-corrected chi connectivity index (χ3v) is 4.71. The van der Waals surface area contributed by atoms with Crippen molar-refractivity contribution in [3.8, 4) is 0 Å². The second kappa shape index (κ2) is 7.68. The van der Waals surface area contributed by atoms with Gasteiger partial charge in [-0.2, -0.15) is 0 Å². The smallest absolute Gasteiger partial charge is 0.253 e. The van der Waals surface area contributed by atoms with Crippen molar-refractivity contribution in [3.63, 3.8) is 0 Å². The summed E-state index contributed by atoms with van der Waals surface area (Å²) in [5, 5.41) is 2.98. The van der Waals surface area contributed by atoms with E-state index in [2.05, 4.69) is 11.4 Å². The topological polar surface area (TPSA) is 49.4 Å². The second-order valence-corrected chi connectivity index (χ2v) is 6.94. The van der Waals surface area contributed by atoms with Crippen molar-refractivity contribution >= 4 is 17.5 Å². The van der Waals surface area contributed by atoms with E-state index in [-0.39, 0.29) is 17.7 Å². The molecule has 1 saturated heterocycles. The molecule has 1 heterocycles. The lowest BCUT2D eigenvalue weighted by Gasteiger charge is -2.31. The highest BCUT2D eigenvalue weighted by atomic mass is 19.1. The SMILES string of the molecule is Cc1cc(C)cc(NC(=O)C2CCN(C(=O)c3cccc(F)c3)CC2)c1. The Labute approximate surface area is 153 Å². The van der Waals surface area contributed by atoms with Crippen molar-refractivity contribution in [2.45, 2.75) is 26.7 Å². The number of carbonyl (C=O) groups excluding carboxylic acids is 2. The van der Waals surface area contributed by atoms with Crippen molar-refractivity contribution in [2.24, 2.45) is 5.92 Å². The molecule has 0 aromatic heterocycles. The molecule has 0 radical (unpaired) electrons. The van der Waals surface area contributed by atoms with Crippen molar-refractivity contribution in [1.29, 1.82) is 0 Å². The monoisotopic (exact) mass is 354 g/mol. The molecule has 0 unspecified atom stereocenters. The van der Waals surface area contributed by atoms with Crippen molar-refractivity contribution in [2.75, 3.05) is 18.4 Å². The van der Waals surface area contributed by atoms with Crippen LogP contribution < -0.4 is 5.32 Å². The van der Waals surface area contributed by atoms with Gasteiger partial charge in [0.25, 0.3) is 5.91 Å². The third-order valence-electron chi connectivity index (χ3n) is 4.71. The molecule has 3 rings (SSSR count). The van der Waals surface area contributed by atoms with E-state index in [1.165, 1.54) is 18.2 Å². The zero-order chi connectivity index (χ0) is 18.7. The fraction of sp³-hybridized carbons (Fsp3) is 0.333. The third kappa shape index (κ3) is 4.28. The maximum atomic E-state index is 13.3. The normalized spacial score (nSPS) is 15.0. The molecule has 0 aliphatic carbocycles. The van der Waals surface area contributed by atoms with Crippen LogP contribution in [0.25, 0.3) is 0 Å². The van der Waals surface area contributed by atoms with Gasteiger partial charge in [0, 0.05) is 30.3 Å². The maximum absolute atomic E-state index is 13.3. The van der Waals surface area contributed by atoms with E-state index in [0.717, 1.165) is 16.8 Å². The van der Waals surface area contributed by atoms with Gasteiger partial charge in [-0.05, 0) is 68.1 Å². The molecule has 1 aliphatic rings. The van der Waals surface area contributed by atoms with Crippen LogP contribution >= 0.6 is 0 Å². The maximum Gasteiger partial charge on any atom is 0.253 e. The largest absolute Gasteiger partial charge is 0.339 e. The van der Waals surface area contributed by atoms with E-state index in [4.69, 9.17) is 0 Å². The molecule has 5 heteroatoms. The van der Waals surface area contributed by atoms with Crippen LogP contribution in [-0.4, -0.2) is 29.8 Å². The van der Waals surface area contributed by atoms with E-state index in [9.17, 15) is 14.0 Å². The van der Waals surface area contributed by atoms with Gasteiger partial charge in [-0.25, -0.2) is 4.39 Å². The minimum absolute atomic E-state index is 0.00662. The molecule has 2 aromatic rings. The Hall–Kier alpha value is -2.69. The fourth-order valence-electron chi connectivity index (χ4n) is 3.44. The number of piperidine rings is 1. The number of anilines is 1. The fourth-order valence-corrected chi connectivity index (χ4v) is 3.44. The number of benzene rings is 2.